The summed E-state index contributed by atoms with van der Waals surface area (Å²) in [5, 5.41) is 9.16. The Labute approximate surface area is 239 Å². The van der Waals surface area contributed by atoms with Crippen molar-refractivity contribution in [3.63, 3.8) is 0 Å². The standard InChI is InChI=1S/C32H36F2N2O5/c1-4-40-28-16-23(17-29(41-5-2)27(28)18-25(34)9-6-22(3)33)20-35-14-12-32(13-15-35)19-30(37)36(21-32)26-10-7-24(8-11-26)31(38)39/h6-11,16-18H,3-5,12-15,19-21H2,1-2H3,(H,38,39). The number of rotatable bonds is 11. The summed E-state index contributed by atoms with van der Waals surface area (Å²) in [6.45, 7) is 10.4. The van der Waals surface area contributed by atoms with Gasteiger partial charge >= 0.3 is 5.97 Å². The quantitative estimate of drug-likeness (QED) is 0.311. The number of benzene rings is 2. The van der Waals surface area contributed by atoms with Gasteiger partial charge in [-0.25, -0.2) is 13.6 Å². The SMILES string of the molecule is C=C(F)C=CC(F)=Cc1c(OCC)cc(CN2CCC3(CC2)CC(=O)N(c2ccc(C(=O)O)cc2)C3)cc1OCC. The number of carboxylic acids is 1. The van der Waals surface area contributed by atoms with Gasteiger partial charge in [-0.05, 0) is 105 Å². The van der Waals surface area contributed by atoms with Crippen molar-refractivity contribution in [2.45, 2.75) is 39.7 Å². The van der Waals surface area contributed by atoms with E-state index in [1.807, 2.05) is 26.0 Å². The molecule has 1 N–H and O–H groups in total. The molecule has 2 heterocycles. The first-order chi connectivity index (χ1) is 19.6. The molecule has 1 amide bonds. The Kier molecular flexibility index (Phi) is 9.60. The lowest BCUT2D eigenvalue weighted by molar-refractivity contribution is -0.118. The number of nitrogens with zero attached hydrogens (tertiary/aromatic N) is 2. The predicted molar refractivity (Wildman–Crippen MR) is 155 cm³/mol. The van der Waals surface area contributed by atoms with Crippen LogP contribution < -0.4 is 14.4 Å². The van der Waals surface area contributed by atoms with E-state index in [4.69, 9.17) is 14.6 Å². The third-order valence-electron chi connectivity index (χ3n) is 7.54. The summed E-state index contributed by atoms with van der Waals surface area (Å²) in [6.07, 6.45) is 5.42. The Balaban J connectivity index is 1.46. The van der Waals surface area contributed by atoms with E-state index in [9.17, 15) is 18.4 Å². The number of hydrogen-bond acceptors (Lipinski definition) is 5. The van der Waals surface area contributed by atoms with E-state index in [-0.39, 0.29) is 16.9 Å². The Bertz CT molecular complexity index is 1320. The van der Waals surface area contributed by atoms with E-state index in [0.29, 0.717) is 49.8 Å². The fourth-order valence-electron chi connectivity index (χ4n) is 5.49. The van der Waals surface area contributed by atoms with Gasteiger partial charge in [-0.15, -0.1) is 0 Å². The van der Waals surface area contributed by atoms with Gasteiger partial charge in [-0.3, -0.25) is 9.69 Å². The number of halogens is 2. The lowest BCUT2D eigenvalue weighted by Crippen LogP contribution is -2.41. The zero-order valence-corrected chi connectivity index (χ0v) is 23.5. The van der Waals surface area contributed by atoms with Crippen LogP contribution >= 0.6 is 0 Å². The molecular weight excluding hydrogens is 530 g/mol. The average molecular weight is 567 g/mol. The molecule has 2 saturated heterocycles. The van der Waals surface area contributed by atoms with E-state index in [2.05, 4.69) is 11.5 Å². The fourth-order valence-corrected chi connectivity index (χ4v) is 5.49. The van der Waals surface area contributed by atoms with Gasteiger partial charge in [-0.1, -0.05) is 6.58 Å². The third-order valence-corrected chi connectivity index (χ3v) is 7.54. The number of carbonyl (C=O) groups excluding carboxylic acids is 1. The van der Waals surface area contributed by atoms with Gasteiger partial charge in [0.15, 0.2) is 0 Å². The van der Waals surface area contributed by atoms with Gasteiger partial charge in [0.1, 0.15) is 23.2 Å². The summed E-state index contributed by atoms with van der Waals surface area (Å²) >= 11 is 0. The van der Waals surface area contributed by atoms with Crippen molar-refractivity contribution in [2.75, 3.05) is 37.7 Å². The van der Waals surface area contributed by atoms with E-state index >= 15 is 0 Å². The molecule has 2 aliphatic heterocycles. The summed E-state index contributed by atoms with van der Waals surface area (Å²) in [5.41, 5.74) is 2.21. The number of ether oxygens (including phenoxy) is 2. The van der Waals surface area contributed by atoms with Crippen LogP contribution in [0.15, 0.2) is 66.8 Å². The zero-order chi connectivity index (χ0) is 29.6. The van der Waals surface area contributed by atoms with Gasteiger partial charge in [-0.2, -0.15) is 0 Å². The highest BCUT2D eigenvalue weighted by Crippen LogP contribution is 2.43. The van der Waals surface area contributed by atoms with Gasteiger partial charge in [0.2, 0.25) is 5.91 Å². The Morgan fingerprint density at radius 1 is 1.05 bits per heavy atom. The second-order valence-corrected chi connectivity index (χ2v) is 10.5. The molecular formula is C32H36F2N2O5. The monoisotopic (exact) mass is 566 g/mol. The minimum absolute atomic E-state index is 0.0609. The summed E-state index contributed by atoms with van der Waals surface area (Å²) in [7, 11) is 0. The molecule has 0 radical (unpaired) electrons. The molecule has 2 fully saturated rings. The van der Waals surface area contributed by atoms with Crippen LogP contribution in [-0.4, -0.2) is 54.7 Å². The molecule has 218 valence electrons. The number of aromatic carboxylic acids is 1. The molecule has 0 aliphatic carbocycles. The number of allylic oxidation sites excluding steroid dienone is 4. The minimum Gasteiger partial charge on any atom is -0.493 e. The predicted octanol–water partition coefficient (Wildman–Crippen LogP) is 6.55. The first-order valence-corrected chi connectivity index (χ1v) is 13.8. The molecule has 2 aromatic carbocycles. The molecule has 9 heteroatoms. The second-order valence-electron chi connectivity index (χ2n) is 10.5. The molecule has 0 saturated carbocycles. The lowest BCUT2D eigenvalue weighted by Gasteiger charge is -2.39. The van der Waals surface area contributed by atoms with E-state index in [0.717, 1.165) is 49.3 Å². The van der Waals surface area contributed by atoms with Crippen LogP contribution in [0.2, 0.25) is 0 Å². The molecule has 1 spiro atoms. The van der Waals surface area contributed by atoms with Crippen LogP contribution in [0.3, 0.4) is 0 Å². The van der Waals surface area contributed by atoms with Crippen LogP contribution in [0.1, 0.15) is 54.6 Å². The maximum absolute atomic E-state index is 14.5. The fraction of sp³-hybridized carbons (Fsp3) is 0.375. The summed E-state index contributed by atoms with van der Waals surface area (Å²) < 4.78 is 39.2. The molecule has 41 heavy (non-hydrogen) atoms. The van der Waals surface area contributed by atoms with E-state index in [1.165, 1.54) is 18.2 Å². The number of amides is 1. The smallest absolute Gasteiger partial charge is 0.335 e. The van der Waals surface area contributed by atoms with Crippen LogP contribution in [0.5, 0.6) is 11.5 Å². The topological polar surface area (TPSA) is 79.3 Å². The number of hydrogen-bond donors (Lipinski definition) is 1. The first-order valence-electron chi connectivity index (χ1n) is 13.8. The van der Waals surface area contributed by atoms with Crippen LogP contribution in [-0.2, 0) is 11.3 Å². The summed E-state index contributed by atoms with van der Waals surface area (Å²) in [6, 6.07) is 10.2. The van der Waals surface area contributed by atoms with Crippen molar-refractivity contribution < 1.29 is 33.0 Å². The third kappa shape index (κ3) is 7.41. The van der Waals surface area contributed by atoms with Gasteiger partial charge in [0.25, 0.3) is 0 Å². The highest BCUT2D eigenvalue weighted by molar-refractivity contribution is 5.97. The zero-order valence-electron chi connectivity index (χ0n) is 23.5. The van der Waals surface area contributed by atoms with Crippen molar-refractivity contribution in [3.8, 4) is 11.5 Å². The molecule has 0 bridgehead atoms. The number of carboxylic acid groups (broad SMARTS) is 1. The molecule has 2 aliphatic rings. The number of anilines is 1. The van der Waals surface area contributed by atoms with Crippen molar-refractivity contribution in [1.82, 2.24) is 4.90 Å². The lowest BCUT2D eigenvalue weighted by atomic mass is 9.77. The van der Waals surface area contributed by atoms with Crippen molar-refractivity contribution in [1.29, 1.82) is 0 Å². The van der Waals surface area contributed by atoms with Crippen LogP contribution in [0.25, 0.3) is 6.08 Å². The first kappa shape index (κ1) is 30.0. The Morgan fingerprint density at radius 3 is 2.20 bits per heavy atom. The van der Waals surface area contributed by atoms with Gasteiger partial charge in [0.05, 0.1) is 24.3 Å². The summed E-state index contributed by atoms with van der Waals surface area (Å²) in [4.78, 5) is 28.2. The molecule has 0 atom stereocenters. The molecule has 2 aromatic rings. The molecule has 7 nitrogen and oxygen atoms in total. The maximum Gasteiger partial charge on any atom is 0.335 e. The Morgan fingerprint density at radius 2 is 1.66 bits per heavy atom. The van der Waals surface area contributed by atoms with Crippen LogP contribution in [0.4, 0.5) is 14.5 Å². The number of carbonyl (C=O) groups is 2. The highest BCUT2D eigenvalue weighted by Gasteiger charge is 2.45. The highest BCUT2D eigenvalue weighted by atomic mass is 19.1. The second kappa shape index (κ2) is 13.1. The average Bonchev–Trinajstić information content (AvgIpc) is 3.26. The van der Waals surface area contributed by atoms with Gasteiger partial charge < -0.3 is 19.5 Å². The maximum atomic E-state index is 14.5. The van der Waals surface area contributed by atoms with Gasteiger partial charge in [0, 0.05) is 25.2 Å². The number of piperidine rings is 1. The van der Waals surface area contributed by atoms with Crippen molar-refractivity contribution >= 4 is 23.6 Å². The minimum atomic E-state index is -0.995. The van der Waals surface area contributed by atoms with E-state index in [1.54, 1.807) is 17.0 Å². The van der Waals surface area contributed by atoms with Crippen LogP contribution in [0, 0.1) is 5.41 Å². The molecule has 0 unspecified atom stereocenters. The largest absolute Gasteiger partial charge is 0.493 e. The normalized spacial score (nSPS) is 17.4. The van der Waals surface area contributed by atoms with E-state index < -0.39 is 17.6 Å². The molecule has 0 aromatic heterocycles. The Hall–Kier alpha value is -3.98. The number of likely N-dealkylation sites (tertiary alicyclic amines) is 1. The summed E-state index contributed by atoms with van der Waals surface area (Å²) in [5.74, 6) is -1.37. The van der Waals surface area contributed by atoms with Crippen molar-refractivity contribution in [2.24, 2.45) is 5.41 Å². The van der Waals surface area contributed by atoms with Crippen molar-refractivity contribution in [3.05, 3.63) is 83.5 Å². The molecule has 4 rings (SSSR count).